The van der Waals surface area contributed by atoms with E-state index in [4.69, 9.17) is 19.7 Å². The van der Waals surface area contributed by atoms with Gasteiger partial charge in [-0.15, -0.1) is 0 Å². The number of imidazole rings is 1. The molecule has 2 aromatic heterocycles. The van der Waals surface area contributed by atoms with Crippen molar-refractivity contribution in [3.8, 4) is 11.3 Å². The Balaban J connectivity index is 1.37. The van der Waals surface area contributed by atoms with Gasteiger partial charge in [-0.3, -0.25) is 4.57 Å². The van der Waals surface area contributed by atoms with Crippen LogP contribution in [-0.4, -0.2) is 64.9 Å². The zero-order chi connectivity index (χ0) is 30.9. The Hall–Kier alpha value is -3.58. The van der Waals surface area contributed by atoms with Crippen LogP contribution in [-0.2, 0) is 14.8 Å². The fourth-order valence-electron chi connectivity index (χ4n) is 5.94. The summed E-state index contributed by atoms with van der Waals surface area (Å²) in [6, 6.07) is 14.9. The van der Waals surface area contributed by atoms with Crippen molar-refractivity contribution >= 4 is 38.5 Å². The van der Waals surface area contributed by atoms with Crippen LogP contribution in [0.5, 0.6) is 0 Å². The van der Waals surface area contributed by atoms with Crippen LogP contribution in [0.1, 0.15) is 59.1 Å². The number of sulfonamides is 1. The van der Waals surface area contributed by atoms with E-state index >= 15 is 0 Å². The Morgan fingerprint density at radius 2 is 1.86 bits per heavy atom. The summed E-state index contributed by atoms with van der Waals surface area (Å²) in [6.45, 7) is 8.12. The van der Waals surface area contributed by atoms with Gasteiger partial charge in [0.05, 0.1) is 11.2 Å². The second-order valence-electron chi connectivity index (χ2n) is 12.7. The smallest absolute Gasteiger partial charge is 0.241 e. The molecule has 0 aliphatic carbocycles. The fourth-order valence-corrected chi connectivity index (χ4v) is 7.40. The summed E-state index contributed by atoms with van der Waals surface area (Å²) in [4.78, 5) is 17.0. The maximum Gasteiger partial charge on any atom is 0.241 e. The molecule has 44 heavy (non-hydrogen) atoms. The number of nitrogens with zero attached hydrogens (tertiary/aromatic N) is 5. The van der Waals surface area contributed by atoms with Crippen molar-refractivity contribution in [1.29, 1.82) is 0 Å². The topological polar surface area (TPSA) is 134 Å². The lowest BCUT2D eigenvalue weighted by molar-refractivity contribution is -0.0298. The highest BCUT2D eigenvalue weighted by molar-refractivity contribution is 7.89. The molecule has 0 bridgehead atoms. The number of nitrogens with one attached hydrogen (secondary N) is 2. The number of ether oxygens (including phenoxy) is 1. The first-order valence-electron chi connectivity index (χ1n) is 15.3. The third-order valence-corrected chi connectivity index (χ3v) is 9.77. The minimum Gasteiger partial charge on any atom is -0.396 e. The monoisotopic (exact) mass is 619 g/mol. The fraction of sp³-hybridized carbons (Fsp3) is 0.469. The van der Waals surface area contributed by atoms with Gasteiger partial charge in [0.15, 0.2) is 5.65 Å². The highest BCUT2D eigenvalue weighted by Crippen LogP contribution is 2.33. The molecule has 0 spiro atoms. The Kier molecular flexibility index (Phi) is 8.60. The van der Waals surface area contributed by atoms with Crippen molar-refractivity contribution in [2.24, 2.45) is 5.92 Å². The van der Waals surface area contributed by atoms with Gasteiger partial charge in [0, 0.05) is 48.8 Å². The molecule has 4 aromatic rings. The van der Waals surface area contributed by atoms with Gasteiger partial charge in [0.25, 0.3) is 0 Å². The molecule has 234 valence electrons. The average molecular weight is 620 g/mol. The number of aliphatic hydroxyl groups excluding tert-OH is 1. The molecule has 2 unspecified atom stereocenters. The lowest BCUT2D eigenvalue weighted by Crippen LogP contribution is -2.40. The number of fused-ring (bicyclic) bond motifs is 1. The molecule has 3 N–H and O–H groups in total. The molecule has 2 saturated heterocycles. The van der Waals surface area contributed by atoms with Crippen molar-refractivity contribution in [2.45, 2.75) is 69.5 Å². The Morgan fingerprint density at radius 3 is 2.59 bits per heavy atom. The van der Waals surface area contributed by atoms with E-state index in [0.29, 0.717) is 41.0 Å². The molecule has 6 rings (SSSR count). The summed E-state index contributed by atoms with van der Waals surface area (Å²) < 4.78 is 36.8. The highest BCUT2D eigenvalue weighted by Gasteiger charge is 2.25. The molecule has 2 aromatic carbocycles. The number of anilines is 3. The molecule has 11 nitrogen and oxygen atoms in total. The van der Waals surface area contributed by atoms with E-state index in [1.807, 2.05) is 16.7 Å². The second-order valence-corrected chi connectivity index (χ2v) is 14.4. The number of aliphatic hydroxyl groups is 1. The second kappa shape index (κ2) is 12.4. The Morgan fingerprint density at radius 1 is 1.05 bits per heavy atom. The van der Waals surface area contributed by atoms with Crippen LogP contribution in [0, 0.1) is 5.92 Å². The lowest BCUT2D eigenvalue weighted by Gasteiger charge is -2.33. The van der Waals surface area contributed by atoms with E-state index < -0.39 is 15.6 Å². The van der Waals surface area contributed by atoms with Crippen LogP contribution in [0.4, 0.5) is 17.3 Å². The summed E-state index contributed by atoms with van der Waals surface area (Å²) in [7, 11) is -3.73. The predicted octanol–water partition coefficient (Wildman–Crippen LogP) is 5.22. The molecular weight excluding hydrogens is 578 g/mol. The maximum absolute atomic E-state index is 13.0. The first-order chi connectivity index (χ1) is 21.1. The van der Waals surface area contributed by atoms with Crippen molar-refractivity contribution in [1.82, 2.24) is 24.2 Å². The number of piperidine rings is 1. The summed E-state index contributed by atoms with van der Waals surface area (Å²) in [5, 5.41) is 12.9. The number of hydrogen-bond donors (Lipinski definition) is 3. The Labute approximate surface area is 258 Å². The minimum absolute atomic E-state index is 0.149. The van der Waals surface area contributed by atoms with E-state index in [0.717, 1.165) is 56.4 Å². The first kappa shape index (κ1) is 30.4. The van der Waals surface area contributed by atoms with Crippen LogP contribution < -0.4 is 14.9 Å². The zero-order valence-electron chi connectivity index (χ0n) is 25.5. The molecule has 4 heterocycles. The van der Waals surface area contributed by atoms with Gasteiger partial charge in [-0.25, -0.2) is 23.1 Å². The number of rotatable bonds is 8. The van der Waals surface area contributed by atoms with Crippen molar-refractivity contribution < 1.29 is 18.3 Å². The number of hydrogen-bond acceptors (Lipinski definition) is 9. The van der Waals surface area contributed by atoms with Crippen molar-refractivity contribution in [3.05, 3.63) is 54.9 Å². The predicted molar refractivity (Wildman–Crippen MR) is 171 cm³/mol. The maximum atomic E-state index is 13.0. The Bertz CT molecular complexity index is 1710. The summed E-state index contributed by atoms with van der Waals surface area (Å²) in [5.41, 5.74) is 3.92. The minimum atomic E-state index is -3.73. The molecule has 0 amide bonds. The van der Waals surface area contributed by atoms with Crippen molar-refractivity contribution in [2.75, 3.05) is 36.5 Å². The van der Waals surface area contributed by atoms with Gasteiger partial charge in [-0.2, -0.15) is 4.98 Å². The first-order valence-corrected chi connectivity index (χ1v) is 16.8. The molecule has 0 saturated carbocycles. The molecule has 0 radical (unpaired) electrons. The van der Waals surface area contributed by atoms with Crippen LogP contribution in [0.3, 0.4) is 0 Å². The SMILES string of the molecule is CC(C)(C)NS(=O)(=O)c1cccc(Nc2nc(-c3ccc(N4CCCC(CO)C4)cc3)c3ncn(C4CCCCO4)c3n2)c1. The standard InChI is InChI=1S/C32H41N7O4S/c1-32(2,3)37-44(41,42)26-10-6-9-24(18-26)34-31-35-28(29-30(36-31)39(21-33-29)27-11-4-5-17-43-27)23-12-14-25(15-13-23)38-16-7-8-22(19-38)20-40/h6,9-10,12-15,18,21-22,27,37,40H,4-5,7-8,11,16-17,19-20H2,1-3H3,(H,34,35,36). The van der Waals surface area contributed by atoms with E-state index in [1.54, 1.807) is 51.4 Å². The van der Waals surface area contributed by atoms with Gasteiger partial charge < -0.3 is 20.1 Å². The summed E-state index contributed by atoms with van der Waals surface area (Å²) in [5.74, 6) is 0.622. The van der Waals surface area contributed by atoms with E-state index in [-0.39, 0.29) is 17.7 Å². The zero-order valence-corrected chi connectivity index (χ0v) is 26.3. The normalized spacial score (nSPS) is 19.8. The summed E-state index contributed by atoms with van der Waals surface area (Å²) in [6.07, 6.45) is 6.67. The van der Waals surface area contributed by atoms with Gasteiger partial charge in [-0.1, -0.05) is 18.2 Å². The molecular formula is C32H41N7O4S. The summed E-state index contributed by atoms with van der Waals surface area (Å²) >= 11 is 0. The molecule has 2 fully saturated rings. The molecule has 2 atom stereocenters. The van der Waals surface area contributed by atoms with Crippen molar-refractivity contribution in [3.63, 3.8) is 0 Å². The van der Waals surface area contributed by atoms with Gasteiger partial charge in [-0.05, 0) is 89.1 Å². The largest absolute Gasteiger partial charge is 0.396 e. The highest BCUT2D eigenvalue weighted by atomic mass is 32.2. The van der Waals surface area contributed by atoms with Crippen LogP contribution in [0.2, 0.25) is 0 Å². The van der Waals surface area contributed by atoms with Crippen LogP contribution in [0.15, 0.2) is 59.8 Å². The average Bonchev–Trinajstić information content (AvgIpc) is 3.44. The molecule has 2 aliphatic rings. The van der Waals surface area contributed by atoms with E-state index in [2.05, 4.69) is 27.1 Å². The van der Waals surface area contributed by atoms with Crippen LogP contribution >= 0.6 is 0 Å². The lowest BCUT2D eigenvalue weighted by atomic mass is 9.98. The quantitative estimate of drug-likeness (QED) is 0.243. The van der Waals surface area contributed by atoms with E-state index in [9.17, 15) is 13.5 Å². The number of aromatic nitrogens is 4. The molecule has 12 heteroatoms. The third kappa shape index (κ3) is 6.73. The molecule has 2 aliphatic heterocycles. The van der Waals surface area contributed by atoms with Gasteiger partial charge >= 0.3 is 0 Å². The number of benzene rings is 2. The van der Waals surface area contributed by atoms with Gasteiger partial charge in [0.2, 0.25) is 16.0 Å². The third-order valence-electron chi connectivity index (χ3n) is 8.01. The van der Waals surface area contributed by atoms with Gasteiger partial charge in [0.1, 0.15) is 17.4 Å². The van der Waals surface area contributed by atoms with Crippen LogP contribution in [0.25, 0.3) is 22.4 Å². The van der Waals surface area contributed by atoms with E-state index in [1.165, 1.54) is 0 Å².